The molecule has 0 unspecified atom stereocenters. The van der Waals surface area contributed by atoms with Crippen LogP contribution in [0.15, 0.2) is 12.1 Å². The number of aromatic nitrogens is 1. The first-order valence-corrected chi connectivity index (χ1v) is 6.13. The Kier molecular flexibility index (Phi) is 3.86. The van der Waals surface area contributed by atoms with Crippen LogP contribution in [0.2, 0.25) is 10.3 Å². The Balaban J connectivity index is 2.14. The van der Waals surface area contributed by atoms with Crippen LogP contribution in [-0.2, 0) is 0 Å². The summed E-state index contributed by atoms with van der Waals surface area (Å²) in [4.78, 5) is 20.0. The van der Waals surface area contributed by atoms with Gasteiger partial charge in [-0.15, -0.1) is 0 Å². The normalized spacial score (nSPS) is 17.2. The molecule has 0 N–H and O–H groups in total. The Morgan fingerprint density at radius 3 is 2.47 bits per heavy atom. The molecular formula is C11H13Cl2N3O. The fourth-order valence-electron chi connectivity index (χ4n) is 1.75. The predicted octanol–water partition coefficient (Wildman–Crippen LogP) is 1.78. The van der Waals surface area contributed by atoms with E-state index < -0.39 is 0 Å². The zero-order valence-corrected chi connectivity index (χ0v) is 11.0. The summed E-state index contributed by atoms with van der Waals surface area (Å²) in [7, 11) is 2.04. The second-order valence-corrected chi connectivity index (χ2v) is 4.81. The Morgan fingerprint density at radius 2 is 1.88 bits per heavy atom. The van der Waals surface area contributed by atoms with E-state index >= 15 is 0 Å². The first-order valence-electron chi connectivity index (χ1n) is 5.38. The lowest BCUT2D eigenvalue weighted by Crippen LogP contribution is -2.47. The zero-order chi connectivity index (χ0) is 12.4. The van der Waals surface area contributed by atoms with E-state index in [1.807, 2.05) is 7.05 Å². The SMILES string of the molecule is CN1CCN(C(=O)c2ccc(Cl)nc2Cl)CC1. The van der Waals surface area contributed by atoms with Crippen LogP contribution in [0.1, 0.15) is 10.4 Å². The van der Waals surface area contributed by atoms with Crippen LogP contribution in [0.25, 0.3) is 0 Å². The molecule has 1 aromatic heterocycles. The summed E-state index contributed by atoms with van der Waals surface area (Å²) in [5.41, 5.74) is 0.417. The number of hydrogen-bond acceptors (Lipinski definition) is 3. The van der Waals surface area contributed by atoms with Gasteiger partial charge in [0.25, 0.3) is 5.91 Å². The predicted molar refractivity (Wildman–Crippen MR) is 67.7 cm³/mol. The van der Waals surface area contributed by atoms with E-state index in [4.69, 9.17) is 23.2 Å². The van der Waals surface area contributed by atoms with Crippen molar-refractivity contribution in [1.29, 1.82) is 0 Å². The van der Waals surface area contributed by atoms with Crippen molar-refractivity contribution in [2.24, 2.45) is 0 Å². The van der Waals surface area contributed by atoms with Crippen LogP contribution >= 0.6 is 23.2 Å². The summed E-state index contributed by atoms with van der Waals surface area (Å²) in [5.74, 6) is -0.0766. The monoisotopic (exact) mass is 273 g/mol. The highest BCUT2D eigenvalue weighted by molar-refractivity contribution is 6.34. The average Bonchev–Trinajstić information content (AvgIpc) is 2.29. The molecule has 1 aromatic rings. The third kappa shape index (κ3) is 2.89. The number of pyridine rings is 1. The van der Waals surface area contributed by atoms with E-state index in [0.717, 1.165) is 13.1 Å². The largest absolute Gasteiger partial charge is 0.336 e. The molecular weight excluding hydrogens is 261 g/mol. The van der Waals surface area contributed by atoms with E-state index in [-0.39, 0.29) is 11.1 Å². The highest BCUT2D eigenvalue weighted by Gasteiger charge is 2.22. The molecule has 0 aromatic carbocycles. The molecule has 6 heteroatoms. The van der Waals surface area contributed by atoms with Gasteiger partial charge in [-0.3, -0.25) is 4.79 Å². The van der Waals surface area contributed by atoms with Crippen molar-refractivity contribution >= 4 is 29.1 Å². The Morgan fingerprint density at radius 1 is 1.24 bits per heavy atom. The van der Waals surface area contributed by atoms with Gasteiger partial charge >= 0.3 is 0 Å². The molecule has 2 heterocycles. The van der Waals surface area contributed by atoms with Gasteiger partial charge in [-0.1, -0.05) is 23.2 Å². The number of likely N-dealkylation sites (N-methyl/N-ethyl adjacent to an activating group) is 1. The van der Waals surface area contributed by atoms with Crippen molar-refractivity contribution in [3.8, 4) is 0 Å². The topological polar surface area (TPSA) is 36.4 Å². The van der Waals surface area contributed by atoms with Gasteiger partial charge in [-0.25, -0.2) is 4.98 Å². The van der Waals surface area contributed by atoms with E-state index in [9.17, 15) is 4.79 Å². The summed E-state index contributed by atoms with van der Waals surface area (Å²) < 4.78 is 0. The first kappa shape index (κ1) is 12.6. The van der Waals surface area contributed by atoms with Gasteiger partial charge in [0, 0.05) is 26.2 Å². The zero-order valence-electron chi connectivity index (χ0n) is 9.49. The number of piperazine rings is 1. The molecule has 0 radical (unpaired) electrons. The third-order valence-electron chi connectivity index (χ3n) is 2.84. The molecule has 0 atom stereocenters. The van der Waals surface area contributed by atoms with E-state index in [0.29, 0.717) is 23.8 Å². The van der Waals surface area contributed by atoms with Crippen molar-refractivity contribution in [1.82, 2.24) is 14.8 Å². The quantitative estimate of drug-likeness (QED) is 0.732. The van der Waals surface area contributed by atoms with Crippen LogP contribution in [0.3, 0.4) is 0 Å². The second kappa shape index (κ2) is 5.21. The van der Waals surface area contributed by atoms with Crippen LogP contribution in [0.5, 0.6) is 0 Å². The Bertz CT molecular complexity index is 431. The minimum absolute atomic E-state index is 0.0766. The number of halogens is 2. The van der Waals surface area contributed by atoms with Gasteiger partial charge in [0.15, 0.2) is 0 Å². The third-order valence-corrected chi connectivity index (χ3v) is 3.33. The fourth-order valence-corrected chi connectivity index (χ4v) is 2.18. The molecule has 1 aliphatic rings. The molecule has 1 fully saturated rings. The molecule has 0 bridgehead atoms. The molecule has 4 nitrogen and oxygen atoms in total. The van der Waals surface area contributed by atoms with Gasteiger partial charge in [-0.05, 0) is 19.2 Å². The standard InChI is InChI=1S/C11H13Cl2N3O/c1-15-4-6-16(7-5-15)11(17)8-2-3-9(12)14-10(8)13/h2-3H,4-7H2,1H3. The van der Waals surface area contributed by atoms with Crippen LogP contribution < -0.4 is 0 Å². The maximum Gasteiger partial charge on any atom is 0.257 e. The van der Waals surface area contributed by atoms with E-state index in [2.05, 4.69) is 9.88 Å². The summed E-state index contributed by atoms with van der Waals surface area (Å²) in [5, 5.41) is 0.464. The summed E-state index contributed by atoms with van der Waals surface area (Å²) >= 11 is 11.6. The van der Waals surface area contributed by atoms with Gasteiger partial charge < -0.3 is 9.80 Å². The summed E-state index contributed by atoms with van der Waals surface area (Å²) in [6.07, 6.45) is 0. The van der Waals surface area contributed by atoms with Gasteiger partial charge in [0.2, 0.25) is 0 Å². The van der Waals surface area contributed by atoms with Crippen LogP contribution in [-0.4, -0.2) is 53.9 Å². The minimum Gasteiger partial charge on any atom is -0.336 e. The number of nitrogens with zero attached hydrogens (tertiary/aromatic N) is 3. The number of carbonyl (C=O) groups is 1. The molecule has 0 aliphatic carbocycles. The van der Waals surface area contributed by atoms with Crippen molar-refractivity contribution < 1.29 is 4.79 Å². The smallest absolute Gasteiger partial charge is 0.257 e. The maximum absolute atomic E-state index is 12.2. The molecule has 2 rings (SSSR count). The molecule has 0 spiro atoms. The van der Waals surface area contributed by atoms with Crippen molar-refractivity contribution in [3.63, 3.8) is 0 Å². The minimum atomic E-state index is -0.0766. The molecule has 0 saturated carbocycles. The number of rotatable bonds is 1. The first-order chi connectivity index (χ1) is 8.08. The van der Waals surface area contributed by atoms with Crippen molar-refractivity contribution in [2.45, 2.75) is 0 Å². The lowest BCUT2D eigenvalue weighted by atomic mass is 10.2. The Labute approximate surface area is 110 Å². The number of amides is 1. The van der Waals surface area contributed by atoms with Crippen molar-refractivity contribution in [3.05, 3.63) is 28.0 Å². The van der Waals surface area contributed by atoms with Gasteiger partial charge in [0.05, 0.1) is 5.56 Å². The molecule has 17 heavy (non-hydrogen) atoms. The van der Waals surface area contributed by atoms with E-state index in [1.54, 1.807) is 17.0 Å². The number of carbonyl (C=O) groups excluding carboxylic acids is 1. The summed E-state index contributed by atoms with van der Waals surface area (Å²) in [6, 6.07) is 3.20. The van der Waals surface area contributed by atoms with Crippen molar-refractivity contribution in [2.75, 3.05) is 33.2 Å². The highest BCUT2D eigenvalue weighted by Crippen LogP contribution is 2.19. The Hall–Kier alpha value is -0.840. The lowest BCUT2D eigenvalue weighted by Gasteiger charge is -2.32. The second-order valence-electron chi connectivity index (χ2n) is 4.07. The molecule has 1 saturated heterocycles. The van der Waals surface area contributed by atoms with E-state index in [1.165, 1.54) is 0 Å². The summed E-state index contributed by atoms with van der Waals surface area (Å²) in [6.45, 7) is 3.19. The van der Waals surface area contributed by atoms with Crippen LogP contribution in [0.4, 0.5) is 0 Å². The maximum atomic E-state index is 12.2. The van der Waals surface area contributed by atoms with Gasteiger partial charge in [-0.2, -0.15) is 0 Å². The molecule has 92 valence electrons. The lowest BCUT2D eigenvalue weighted by molar-refractivity contribution is 0.0664. The van der Waals surface area contributed by atoms with Gasteiger partial charge in [0.1, 0.15) is 10.3 Å². The van der Waals surface area contributed by atoms with Crippen LogP contribution in [0, 0.1) is 0 Å². The highest BCUT2D eigenvalue weighted by atomic mass is 35.5. The average molecular weight is 274 g/mol. The number of hydrogen-bond donors (Lipinski definition) is 0. The molecule has 1 aliphatic heterocycles. The molecule has 1 amide bonds. The fraction of sp³-hybridized carbons (Fsp3) is 0.455.